The van der Waals surface area contributed by atoms with E-state index in [-0.39, 0.29) is 20.7 Å². The van der Waals surface area contributed by atoms with E-state index in [1.54, 1.807) is 12.1 Å². The number of nitrogens with one attached hydrogen (secondary N) is 1. The second-order valence-corrected chi connectivity index (χ2v) is 6.62. The van der Waals surface area contributed by atoms with Crippen molar-refractivity contribution in [3.8, 4) is 11.5 Å². The summed E-state index contributed by atoms with van der Waals surface area (Å²) in [4.78, 5) is 28.7. The summed E-state index contributed by atoms with van der Waals surface area (Å²) in [6, 6.07) is 7.34. The first kappa shape index (κ1) is 16.9. The van der Waals surface area contributed by atoms with Crippen molar-refractivity contribution < 1.29 is 19.8 Å². The number of amides is 2. The molecular weight excluding hydrogens is 362 g/mol. The Morgan fingerprint density at radius 2 is 2.08 bits per heavy atom. The van der Waals surface area contributed by atoms with E-state index in [1.807, 2.05) is 0 Å². The number of nitrogens with zero attached hydrogens (tertiary/aromatic N) is 2. The minimum Gasteiger partial charge on any atom is -0.504 e. The highest BCUT2D eigenvalue weighted by Crippen LogP contribution is 2.33. The number of hydrazine groups is 1. The van der Waals surface area contributed by atoms with Gasteiger partial charge in [-0.15, -0.1) is 0 Å². The number of carbonyl (C=O) groups is 2. The van der Waals surface area contributed by atoms with Gasteiger partial charge in [0.1, 0.15) is 0 Å². The molecule has 1 aromatic carbocycles. The van der Waals surface area contributed by atoms with Crippen LogP contribution in [-0.4, -0.2) is 36.3 Å². The molecule has 2 amide bonds. The van der Waals surface area contributed by atoms with Crippen LogP contribution in [0.15, 0.2) is 47.6 Å². The number of carbonyl (C=O) groups excluding carboxylic acids is 2. The monoisotopic (exact) mass is 373 g/mol. The molecule has 0 spiro atoms. The van der Waals surface area contributed by atoms with Crippen molar-refractivity contribution in [2.75, 3.05) is 0 Å². The Labute approximate surface area is 152 Å². The molecule has 0 saturated carbocycles. The highest BCUT2D eigenvalue weighted by molar-refractivity contribution is 8.26. The number of benzene rings is 1. The fourth-order valence-corrected chi connectivity index (χ4v) is 3.19. The van der Waals surface area contributed by atoms with E-state index in [0.717, 1.165) is 16.8 Å². The van der Waals surface area contributed by atoms with Gasteiger partial charge in [-0.25, -0.2) is 0 Å². The van der Waals surface area contributed by atoms with Gasteiger partial charge < -0.3 is 10.2 Å². The Morgan fingerprint density at radius 1 is 1.28 bits per heavy atom. The Morgan fingerprint density at radius 3 is 2.76 bits per heavy atom. The van der Waals surface area contributed by atoms with Gasteiger partial charge in [-0.2, -0.15) is 5.01 Å². The van der Waals surface area contributed by atoms with Crippen molar-refractivity contribution in [1.29, 1.82) is 0 Å². The maximum absolute atomic E-state index is 12.4. The quantitative estimate of drug-likeness (QED) is 0.430. The molecule has 2 heterocycles. The third kappa shape index (κ3) is 3.62. The highest BCUT2D eigenvalue weighted by atomic mass is 32.2. The summed E-state index contributed by atoms with van der Waals surface area (Å²) in [5.41, 5.74) is 3.25. The first-order valence-electron chi connectivity index (χ1n) is 6.96. The molecule has 1 aliphatic heterocycles. The van der Waals surface area contributed by atoms with Gasteiger partial charge in [0, 0.05) is 12.4 Å². The zero-order valence-corrected chi connectivity index (χ0v) is 14.2. The SMILES string of the molecule is O=C(NN1C(=O)/C(=C/c2ccc(O)c(O)c2)SC1=S)c1cccnc1. The molecule has 7 nitrogen and oxygen atoms in total. The summed E-state index contributed by atoms with van der Waals surface area (Å²) in [7, 11) is 0. The molecule has 0 aliphatic carbocycles. The van der Waals surface area contributed by atoms with Crippen LogP contribution in [0.25, 0.3) is 6.08 Å². The second-order valence-electron chi connectivity index (χ2n) is 4.95. The molecule has 1 saturated heterocycles. The summed E-state index contributed by atoms with van der Waals surface area (Å²) < 4.78 is 0.177. The number of aromatic nitrogens is 1. The average Bonchev–Trinajstić information content (AvgIpc) is 2.86. The summed E-state index contributed by atoms with van der Waals surface area (Å²) in [6.07, 6.45) is 4.42. The number of hydrogen-bond acceptors (Lipinski definition) is 7. The Bertz CT molecular complexity index is 900. The van der Waals surface area contributed by atoms with Crippen LogP contribution in [0, 0.1) is 0 Å². The van der Waals surface area contributed by atoms with E-state index in [4.69, 9.17) is 12.2 Å². The van der Waals surface area contributed by atoms with Crippen LogP contribution < -0.4 is 5.43 Å². The smallest absolute Gasteiger partial charge is 0.285 e. The average molecular weight is 373 g/mol. The van der Waals surface area contributed by atoms with Crippen molar-refractivity contribution in [1.82, 2.24) is 15.4 Å². The third-order valence-electron chi connectivity index (χ3n) is 3.23. The minimum atomic E-state index is -0.507. The van der Waals surface area contributed by atoms with E-state index < -0.39 is 11.8 Å². The molecule has 0 radical (unpaired) electrons. The van der Waals surface area contributed by atoms with Gasteiger partial charge in [-0.05, 0) is 48.1 Å². The molecular formula is C16H11N3O4S2. The molecule has 9 heteroatoms. The van der Waals surface area contributed by atoms with Gasteiger partial charge in [0.2, 0.25) is 0 Å². The molecule has 3 N–H and O–H groups in total. The van der Waals surface area contributed by atoms with Gasteiger partial charge in [0.15, 0.2) is 15.8 Å². The lowest BCUT2D eigenvalue weighted by Crippen LogP contribution is -2.44. The van der Waals surface area contributed by atoms with E-state index in [2.05, 4.69) is 10.4 Å². The number of aromatic hydroxyl groups is 2. The molecule has 0 unspecified atom stereocenters. The van der Waals surface area contributed by atoms with Crippen LogP contribution >= 0.6 is 24.0 Å². The summed E-state index contributed by atoms with van der Waals surface area (Å²) in [5, 5.41) is 19.8. The number of phenols is 2. The Balaban J connectivity index is 1.79. The van der Waals surface area contributed by atoms with Crippen molar-refractivity contribution in [3.05, 3.63) is 58.8 Å². The maximum atomic E-state index is 12.4. The first-order chi connectivity index (χ1) is 12.0. The lowest BCUT2D eigenvalue weighted by molar-refractivity contribution is -0.123. The fourth-order valence-electron chi connectivity index (χ4n) is 2.01. The fraction of sp³-hybridized carbons (Fsp3) is 0. The lowest BCUT2D eigenvalue weighted by Gasteiger charge is -2.15. The second kappa shape index (κ2) is 6.91. The van der Waals surface area contributed by atoms with Gasteiger partial charge >= 0.3 is 0 Å². The molecule has 1 fully saturated rings. The highest BCUT2D eigenvalue weighted by Gasteiger charge is 2.33. The van der Waals surface area contributed by atoms with Crippen LogP contribution in [0.5, 0.6) is 11.5 Å². The molecule has 2 aromatic rings. The number of rotatable bonds is 3. The van der Waals surface area contributed by atoms with Crippen molar-refractivity contribution in [2.24, 2.45) is 0 Å². The van der Waals surface area contributed by atoms with E-state index in [1.165, 1.54) is 36.7 Å². The minimum absolute atomic E-state index is 0.177. The third-order valence-corrected chi connectivity index (χ3v) is 4.53. The van der Waals surface area contributed by atoms with Crippen LogP contribution in [-0.2, 0) is 4.79 Å². The largest absolute Gasteiger partial charge is 0.504 e. The van der Waals surface area contributed by atoms with Crippen LogP contribution in [0.1, 0.15) is 15.9 Å². The van der Waals surface area contributed by atoms with Crippen molar-refractivity contribution in [3.63, 3.8) is 0 Å². The zero-order chi connectivity index (χ0) is 18.0. The van der Waals surface area contributed by atoms with Crippen molar-refractivity contribution >= 4 is 46.2 Å². The summed E-state index contributed by atoms with van der Waals surface area (Å²) >= 11 is 6.15. The molecule has 1 aromatic heterocycles. The number of thioether (sulfide) groups is 1. The molecule has 126 valence electrons. The van der Waals surface area contributed by atoms with Gasteiger partial charge in [-0.1, -0.05) is 17.8 Å². The maximum Gasteiger partial charge on any atom is 0.285 e. The summed E-state index contributed by atoms with van der Waals surface area (Å²) in [5.74, 6) is -1.55. The normalized spacial score (nSPS) is 15.7. The molecule has 1 aliphatic rings. The first-order valence-corrected chi connectivity index (χ1v) is 8.19. The van der Waals surface area contributed by atoms with Gasteiger partial charge in [0.05, 0.1) is 10.5 Å². The van der Waals surface area contributed by atoms with Crippen LogP contribution in [0.2, 0.25) is 0 Å². The van der Waals surface area contributed by atoms with Crippen LogP contribution in [0.3, 0.4) is 0 Å². The van der Waals surface area contributed by atoms with Gasteiger partial charge in [-0.3, -0.25) is 20.0 Å². The molecule has 0 bridgehead atoms. The standard InChI is InChI=1S/C16H11N3O4S2/c20-11-4-3-9(6-12(11)21)7-13-15(23)19(16(24)25-13)18-14(22)10-2-1-5-17-8-10/h1-8,20-21H,(H,18,22)/b13-7-. The summed E-state index contributed by atoms with van der Waals surface area (Å²) in [6.45, 7) is 0. The van der Waals surface area contributed by atoms with Crippen LogP contribution in [0.4, 0.5) is 0 Å². The zero-order valence-electron chi connectivity index (χ0n) is 12.5. The molecule has 3 rings (SSSR count). The topological polar surface area (TPSA) is 103 Å². The van der Waals surface area contributed by atoms with E-state index in [9.17, 15) is 19.8 Å². The number of phenolic OH excluding ortho intramolecular Hbond substituents is 2. The predicted octanol–water partition coefficient (Wildman–Crippen LogP) is 2.04. The number of thiocarbonyl (C=S) groups is 1. The van der Waals surface area contributed by atoms with Crippen molar-refractivity contribution in [2.45, 2.75) is 0 Å². The van der Waals surface area contributed by atoms with E-state index in [0.29, 0.717) is 11.1 Å². The number of hydrogen-bond donors (Lipinski definition) is 3. The number of pyridine rings is 1. The van der Waals surface area contributed by atoms with E-state index >= 15 is 0 Å². The molecule has 25 heavy (non-hydrogen) atoms. The lowest BCUT2D eigenvalue weighted by atomic mass is 10.2. The Hall–Kier alpha value is -2.91. The predicted molar refractivity (Wildman–Crippen MR) is 96.5 cm³/mol. The van der Waals surface area contributed by atoms with Gasteiger partial charge in [0.25, 0.3) is 11.8 Å². The Kier molecular flexibility index (Phi) is 4.68. The molecule has 0 atom stereocenters.